The molecule has 3 rings (SSSR count). The van der Waals surface area contributed by atoms with Gasteiger partial charge in [-0.1, -0.05) is 11.6 Å². The Bertz CT molecular complexity index is 717. The van der Waals surface area contributed by atoms with Crippen LogP contribution in [0.5, 0.6) is 5.75 Å². The van der Waals surface area contributed by atoms with Crippen LogP contribution in [0.15, 0.2) is 17.0 Å². The summed E-state index contributed by atoms with van der Waals surface area (Å²) in [5.41, 5.74) is 0.487. The van der Waals surface area contributed by atoms with E-state index in [0.29, 0.717) is 23.8 Å². The van der Waals surface area contributed by atoms with Gasteiger partial charge in [0.2, 0.25) is 10.0 Å². The van der Waals surface area contributed by atoms with Crippen LogP contribution in [0.2, 0.25) is 5.02 Å². The average molecular weight is 375 g/mol. The van der Waals surface area contributed by atoms with E-state index in [1.54, 1.807) is 13.2 Å². The molecule has 2 N–H and O–H groups in total. The highest BCUT2D eigenvalue weighted by Crippen LogP contribution is 2.38. The molecule has 8 heteroatoms. The molecule has 0 aromatic heterocycles. The van der Waals surface area contributed by atoms with Crippen molar-refractivity contribution in [1.29, 1.82) is 0 Å². The van der Waals surface area contributed by atoms with Gasteiger partial charge in [0.1, 0.15) is 11.9 Å². The predicted octanol–water partition coefficient (Wildman–Crippen LogP) is 1.71. The van der Waals surface area contributed by atoms with Gasteiger partial charge in [0.25, 0.3) is 0 Å². The zero-order valence-electron chi connectivity index (χ0n) is 13.9. The van der Waals surface area contributed by atoms with Crippen molar-refractivity contribution in [1.82, 2.24) is 10.0 Å². The van der Waals surface area contributed by atoms with E-state index in [9.17, 15) is 8.42 Å². The minimum atomic E-state index is -3.65. The number of hydrogen-bond donors (Lipinski definition) is 2. The molecule has 134 valence electrons. The maximum absolute atomic E-state index is 12.7. The Kier molecular flexibility index (Phi) is 5.09. The normalized spacial score (nSPS) is 26.4. The molecule has 24 heavy (non-hydrogen) atoms. The van der Waals surface area contributed by atoms with E-state index in [-0.39, 0.29) is 23.1 Å². The second-order valence-electron chi connectivity index (χ2n) is 6.59. The van der Waals surface area contributed by atoms with Crippen molar-refractivity contribution in [3.05, 3.63) is 22.7 Å². The van der Waals surface area contributed by atoms with Crippen LogP contribution < -0.4 is 14.8 Å². The highest BCUT2D eigenvalue weighted by atomic mass is 35.5. The smallest absolute Gasteiger partial charge is 0.240 e. The zero-order chi connectivity index (χ0) is 17.4. The second-order valence-corrected chi connectivity index (χ2v) is 8.77. The summed E-state index contributed by atoms with van der Waals surface area (Å²) >= 11 is 6.20. The van der Waals surface area contributed by atoms with E-state index >= 15 is 0 Å². The third-order valence-corrected chi connectivity index (χ3v) is 6.25. The number of halogens is 1. The molecule has 2 atom stereocenters. The topological polar surface area (TPSA) is 76.7 Å². The number of sulfonamides is 1. The lowest BCUT2D eigenvalue weighted by atomic mass is 9.99. The molecule has 1 fully saturated rings. The maximum atomic E-state index is 12.7. The Balaban J connectivity index is 1.79. The van der Waals surface area contributed by atoms with Gasteiger partial charge in [0.05, 0.1) is 22.1 Å². The van der Waals surface area contributed by atoms with Crippen LogP contribution in [0, 0.1) is 0 Å². The van der Waals surface area contributed by atoms with Crippen molar-refractivity contribution < 1.29 is 17.9 Å². The van der Waals surface area contributed by atoms with Crippen molar-refractivity contribution in [2.75, 3.05) is 26.8 Å². The van der Waals surface area contributed by atoms with Gasteiger partial charge in [0.15, 0.2) is 0 Å². The molecule has 0 spiro atoms. The van der Waals surface area contributed by atoms with Crippen molar-refractivity contribution in [2.45, 2.75) is 42.7 Å². The molecular formula is C16H23ClN2O4S. The molecule has 0 amide bonds. The Morgan fingerprint density at radius 3 is 2.96 bits per heavy atom. The number of methoxy groups -OCH3 is 1. The standard InChI is InChI=1S/C16H23ClN2O4S/c1-11-6-12-7-13(8-14(17)15(12)23-11)24(20,21)19-9-16(10-22-2)4-3-5-18-16/h7-8,11,18-19H,3-6,9-10H2,1-2H3. The van der Waals surface area contributed by atoms with Crippen LogP contribution in [0.25, 0.3) is 0 Å². The first kappa shape index (κ1) is 17.9. The fourth-order valence-electron chi connectivity index (χ4n) is 3.40. The molecule has 2 aliphatic heterocycles. The van der Waals surface area contributed by atoms with Crippen LogP contribution in [0.1, 0.15) is 25.3 Å². The van der Waals surface area contributed by atoms with Crippen molar-refractivity contribution in [3.8, 4) is 5.75 Å². The predicted molar refractivity (Wildman–Crippen MR) is 92.3 cm³/mol. The van der Waals surface area contributed by atoms with Gasteiger partial charge in [-0.15, -0.1) is 0 Å². The lowest BCUT2D eigenvalue weighted by Crippen LogP contribution is -2.52. The van der Waals surface area contributed by atoms with E-state index in [4.69, 9.17) is 21.1 Å². The number of hydrogen-bond acceptors (Lipinski definition) is 5. The third kappa shape index (κ3) is 3.55. The van der Waals surface area contributed by atoms with Crippen molar-refractivity contribution in [2.24, 2.45) is 0 Å². The van der Waals surface area contributed by atoms with E-state index in [0.717, 1.165) is 24.9 Å². The van der Waals surface area contributed by atoms with Crippen molar-refractivity contribution in [3.63, 3.8) is 0 Å². The van der Waals surface area contributed by atoms with Crippen LogP contribution >= 0.6 is 11.6 Å². The molecule has 0 saturated carbocycles. The maximum Gasteiger partial charge on any atom is 0.240 e. The zero-order valence-corrected chi connectivity index (χ0v) is 15.5. The summed E-state index contributed by atoms with van der Waals surface area (Å²) in [6, 6.07) is 3.10. The lowest BCUT2D eigenvalue weighted by molar-refractivity contribution is 0.122. The van der Waals surface area contributed by atoms with Crippen LogP contribution in [-0.4, -0.2) is 46.9 Å². The Labute approximate surface area is 147 Å². The number of fused-ring (bicyclic) bond motifs is 1. The summed E-state index contributed by atoms with van der Waals surface area (Å²) in [5.74, 6) is 0.594. The summed E-state index contributed by atoms with van der Waals surface area (Å²) in [6.45, 7) is 3.55. The molecule has 1 aromatic carbocycles. The molecule has 1 aromatic rings. The molecule has 2 aliphatic rings. The summed E-state index contributed by atoms with van der Waals surface area (Å²) in [7, 11) is -2.03. The first-order valence-electron chi connectivity index (χ1n) is 8.08. The summed E-state index contributed by atoms with van der Waals surface area (Å²) in [5, 5.41) is 3.69. The largest absolute Gasteiger partial charge is 0.489 e. The molecule has 0 bridgehead atoms. The molecule has 2 unspecified atom stereocenters. The minimum Gasteiger partial charge on any atom is -0.489 e. The van der Waals surface area contributed by atoms with E-state index in [1.807, 2.05) is 6.92 Å². The highest BCUT2D eigenvalue weighted by Gasteiger charge is 2.35. The van der Waals surface area contributed by atoms with Gasteiger partial charge in [-0.25, -0.2) is 13.1 Å². The molecule has 1 saturated heterocycles. The number of rotatable bonds is 6. The summed E-state index contributed by atoms with van der Waals surface area (Å²) in [4.78, 5) is 0.175. The third-order valence-electron chi connectivity index (χ3n) is 4.58. The molecule has 6 nitrogen and oxygen atoms in total. The fraction of sp³-hybridized carbons (Fsp3) is 0.625. The Morgan fingerprint density at radius 1 is 1.50 bits per heavy atom. The highest BCUT2D eigenvalue weighted by molar-refractivity contribution is 7.89. The van der Waals surface area contributed by atoms with Crippen molar-refractivity contribution >= 4 is 21.6 Å². The quantitative estimate of drug-likeness (QED) is 0.792. The second kappa shape index (κ2) is 6.80. The summed E-state index contributed by atoms with van der Waals surface area (Å²) in [6.07, 6.45) is 2.55. The van der Waals surface area contributed by atoms with Gasteiger partial charge >= 0.3 is 0 Å². The molecule has 0 radical (unpaired) electrons. The van der Waals surface area contributed by atoms with Gasteiger partial charge < -0.3 is 14.8 Å². The minimum absolute atomic E-state index is 0.0103. The molecular weight excluding hydrogens is 352 g/mol. The average Bonchev–Trinajstić information content (AvgIpc) is 3.12. The number of ether oxygens (including phenoxy) is 2. The van der Waals surface area contributed by atoms with Gasteiger partial charge in [-0.3, -0.25) is 0 Å². The van der Waals surface area contributed by atoms with E-state index < -0.39 is 10.0 Å². The molecule has 2 heterocycles. The van der Waals surface area contributed by atoms with Crippen LogP contribution in [0.3, 0.4) is 0 Å². The van der Waals surface area contributed by atoms with Crippen LogP contribution in [-0.2, 0) is 21.2 Å². The fourth-order valence-corrected chi connectivity index (χ4v) is 4.95. The Hall–Kier alpha value is -0.860. The van der Waals surface area contributed by atoms with Gasteiger partial charge in [-0.2, -0.15) is 0 Å². The Morgan fingerprint density at radius 2 is 2.29 bits per heavy atom. The van der Waals surface area contributed by atoms with E-state index in [2.05, 4.69) is 10.0 Å². The summed E-state index contributed by atoms with van der Waals surface area (Å²) < 4.78 is 39.0. The first-order chi connectivity index (χ1) is 11.4. The lowest BCUT2D eigenvalue weighted by Gasteiger charge is -2.28. The number of nitrogens with one attached hydrogen (secondary N) is 2. The van der Waals surface area contributed by atoms with Gasteiger partial charge in [0, 0.05) is 25.6 Å². The van der Waals surface area contributed by atoms with Crippen LogP contribution in [0.4, 0.5) is 0 Å². The SMILES string of the molecule is COCC1(CNS(=O)(=O)c2cc(Cl)c3c(c2)CC(C)O3)CCCN1. The first-order valence-corrected chi connectivity index (χ1v) is 9.94. The number of benzene rings is 1. The van der Waals surface area contributed by atoms with E-state index in [1.165, 1.54) is 6.07 Å². The monoisotopic (exact) mass is 374 g/mol. The molecule has 0 aliphatic carbocycles. The van der Waals surface area contributed by atoms with Gasteiger partial charge in [-0.05, 0) is 38.4 Å².